The van der Waals surface area contributed by atoms with Crippen LogP contribution in [-0.4, -0.2) is 26.2 Å². The smallest absolute Gasteiger partial charge is 0.000835 e. The van der Waals surface area contributed by atoms with Crippen LogP contribution in [0.15, 0.2) is 24.3 Å². The van der Waals surface area contributed by atoms with Crippen LogP contribution in [-0.2, 0) is 12.8 Å². The van der Waals surface area contributed by atoms with Gasteiger partial charge in [-0.25, -0.2) is 0 Å². The van der Waals surface area contributed by atoms with E-state index in [1.807, 2.05) is 0 Å². The predicted octanol–water partition coefficient (Wildman–Crippen LogP) is 2.77. The molecule has 0 radical (unpaired) electrons. The third kappa shape index (κ3) is 5.33. The Hall–Kier alpha value is -0.860. The van der Waals surface area contributed by atoms with Crippen molar-refractivity contribution >= 4 is 0 Å². The van der Waals surface area contributed by atoms with Crippen LogP contribution >= 0.6 is 0 Å². The molecule has 2 nitrogen and oxygen atoms in total. The second kappa shape index (κ2) is 8.34. The average Bonchev–Trinajstić information content (AvgIpc) is 2.94. The van der Waals surface area contributed by atoms with Gasteiger partial charge in [-0.15, -0.1) is 0 Å². The van der Waals surface area contributed by atoms with Crippen LogP contribution < -0.4 is 10.6 Å². The highest BCUT2D eigenvalue weighted by molar-refractivity contribution is 5.22. The Morgan fingerprint density at radius 3 is 2.47 bits per heavy atom. The van der Waals surface area contributed by atoms with E-state index in [4.69, 9.17) is 0 Å². The first-order valence-corrected chi connectivity index (χ1v) is 7.87. The van der Waals surface area contributed by atoms with Crippen LogP contribution in [0.1, 0.15) is 37.3 Å². The Bertz CT molecular complexity index is 339. The lowest BCUT2D eigenvalue weighted by atomic mass is 10.0. The maximum absolute atomic E-state index is 3.57. The topological polar surface area (TPSA) is 24.1 Å². The summed E-state index contributed by atoms with van der Waals surface area (Å²) in [6, 6.07) is 9.13. The molecular formula is C17H28N2. The van der Waals surface area contributed by atoms with Crippen molar-refractivity contribution in [2.45, 2.75) is 39.0 Å². The zero-order valence-electron chi connectivity index (χ0n) is 12.3. The van der Waals surface area contributed by atoms with Crippen molar-refractivity contribution in [2.75, 3.05) is 26.2 Å². The molecule has 1 atom stereocenters. The van der Waals surface area contributed by atoms with Crippen LogP contribution in [0.3, 0.4) is 0 Å². The first kappa shape index (κ1) is 14.5. The van der Waals surface area contributed by atoms with Crippen molar-refractivity contribution in [2.24, 2.45) is 5.92 Å². The van der Waals surface area contributed by atoms with Gasteiger partial charge in [-0.2, -0.15) is 0 Å². The number of rotatable bonds is 8. The van der Waals surface area contributed by atoms with Crippen LogP contribution in [0.4, 0.5) is 0 Å². The summed E-state index contributed by atoms with van der Waals surface area (Å²) in [5.41, 5.74) is 2.92. The van der Waals surface area contributed by atoms with Gasteiger partial charge in [0, 0.05) is 0 Å². The molecule has 1 fully saturated rings. The molecular weight excluding hydrogens is 232 g/mol. The molecule has 1 aliphatic heterocycles. The van der Waals surface area contributed by atoms with Crippen LogP contribution in [0.25, 0.3) is 0 Å². The molecule has 0 spiro atoms. The van der Waals surface area contributed by atoms with E-state index in [2.05, 4.69) is 41.8 Å². The molecule has 0 aliphatic carbocycles. The molecule has 106 valence electrons. The molecule has 2 heteroatoms. The molecule has 0 bridgehead atoms. The summed E-state index contributed by atoms with van der Waals surface area (Å²) in [5.74, 6) is 0.904. The third-order valence-electron chi connectivity index (χ3n) is 4.04. The summed E-state index contributed by atoms with van der Waals surface area (Å²) >= 11 is 0. The Morgan fingerprint density at radius 2 is 1.84 bits per heavy atom. The number of aryl methyl sites for hydroxylation is 1. The fourth-order valence-corrected chi connectivity index (χ4v) is 2.79. The highest BCUT2D eigenvalue weighted by Crippen LogP contribution is 2.11. The summed E-state index contributed by atoms with van der Waals surface area (Å²) in [7, 11) is 0. The second-order valence-corrected chi connectivity index (χ2v) is 5.71. The predicted molar refractivity (Wildman–Crippen MR) is 82.6 cm³/mol. The van der Waals surface area contributed by atoms with Crippen LogP contribution in [0, 0.1) is 5.92 Å². The summed E-state index contributed by atoms with van der Waals surface area (Å²) < 4.78 is 0. The minimum Gasteiger partial charge on any atom is -0.316 e. The molecule has 19 heavy (non-hydrogen) atoms. The van der Waals surface area contributed by atoms with Gasteiger partial charge in [-0.1, -0.05) is 37.6 Å². The van der Waals surface area contributed by atoms with Crippen molar-refractivity contribution < 1.29 is 0 Å². The highest BCUT2D eigenvalue weighted by atomic mass is 14.9. The fourth-order valence-electron chi connectivity index (χ4n) is 2.79. The average molecular weight is 260 g/mol. The van der Waals surface area contributed by atoms with E-state index < -0.39 is 0 Å². The first-order chi connectivity index (χ1) is 9.38. The van der Waals surface area contributed by atoms with Gasteiger partial charge in [-0.3, -0.25) is 0 Å². The van der Waals surface area contributed by atoms with E-state index in [0.717, 1.165) is 18.9 Å². The van der Waals surface area contributed by atoms with E-state index in [0.29, 0.717) is 0 Å². The van der Waals surface area contributed by atoms with E-state index >= 15 is 0 Å². The molecule has 2 rings (SSSR count). The third-order valence-corrected chi connectivity index (χ3v) is 4.04. The van der Waals surface area contributed by atoms with Gasteiger partial charge < -0.3 is 10.6 Å². The Labute approximate surface area is 118 Å². The maximum atomic E-state index is 3.57. The van der Waals surface area contributed by atoms with Gasteiger partial charge in [0.15, 0.2) is 0 Å². The molecule has 0 aromatic heterocycles. The molecule has 0 amide bonds. The standard InChI is InChI=1S/C17H28N2/c1-2-3-15-4-6-16(7-5-15)8-11-18-12-9-17-10-13-19-14-17/h4-7,17-19H,2-3,8-14H2,1H3. The van der Waals surface area contributed by atoms with E-state index in [9.17, 15) is 0 Å². The van der Waals surface area contributed by atoms with Crippen molar-refractivity contribution in [3.8, 4) is 0 Å². The Balaban J connectivity index is 1.57. The van der Waals surface area contributed by atoms with Crippen molar-refractivity contribution in [3.05, 3.63) is 35.4 Å². The van der Waals surface area contributed by atoms with Crippen LogP contribution in [0.2, 0.25) is 0 Å². The van der Waals surface area contributed by atoms with E-state index in [-0.39, 0.29) is 0 Å². The first-order valence-electron chi connectivity index (χ1n) is 7.87. The number of benzene rings is 1. The van der Waals surface area contributed by atoms with Gasteiger partial charge in [0.25, 0.3) is 0 Å². The molecule has 1 aromatic rings. The lowest BCUT2D eigenvalue weighted by molar-refractivity contribution is 0.501. The van der Waals surface area contributed by atoms with Gasteiger partial charge in [-0.05, 0) is 68.9 Å². The summed E-state index contributed by atoms with van der Waals surface area (Å²) in [6.07, 6.45) is 6.27. The van der Waals surface area contributed by atoms with E-state index in [1.54, 1.807) is 0 Å². The van der Waals surface area contributed by atoms with Crippen molar-refractivity contribution in [3.63, 3.8) is 0 Å². The van der Waals surface area contributed by atoms with Gasteiger partial charge >= 0.3 is 0 Å². The molecule has 1 heterocycles. The van der Waals surface area contributed by atoms with Crippen LogP contribution in [0.5, 0.6) is 0 Å². The number of hydrogen-bond acceptors (Lipinski definition) is 2. The SMILES string of the molecule is CCCc1ccc(CCNCCC2CCNC2)cc1. The van der Waals surface area contributed by atoms with Gasteiger partial charge in [0.1, 0.15) is 0 Å². The Kier molecular flexibility index (Phi) is 6.38. The summed E-state index contributed by atoms with van der Waals surface area (Å²) in [5, 5.41) is 7.00. The lowest BCUT2D eigenvalue weighted by Gasteiger charge is -2.09. The fraction of sp³-hybridized carbons (Fsp3) is 0.647. The minimum atomic E-state index is 0.904. The van der Waals surface area contributed by atoms with Crippen molar-refractivity contribution in [1.82, 2.24) is 10.6 Å². The number of hydrogen-bond donors (Lipinski definition) is 2. The van der Waals surface area contributed by atoms with Gasteiger partial charge in [0.2, 0.25) is 0 Å². The molecule has 1 aromatic carbocycles. The monoisotopic (exact) mass is 260 g/mol. The Morgan fingerprint density at radius 1 is 1.11 bits per heavy atom. The quantitative estimate of drug-likeness (QED) is 0.702. The second-order valence-electron chi connectivity index (χ2n) is 5.71. The normalized spacial score (nSPS) is 18.9. The van der Waals surface area contributed by atoms with E-state index in [1.165, 1.54) is 56.4 Å². The maximum Gasteiger partial charge on any atom is -0.000835 e. The lowest BCUT2D eigenvalue weighted by Crippen LogP contribution is -2.21. The highest BCUT2D eigenvalue weighted by Gasteiger charge is 2.12. The zero-order chi connectivity index (χ0) is 13.3. The minimum absolute atomic E-state index is 0.904. The molecule has 1 aliphatic rings. The number of nitrogens with one attached hydrogen (secondary N) is 2. The van der Waals surface area contributed by atoms with Crippen molar-refractivity contribution in [1.29, 1.82) is 0 Å². The zero-order valence-corrected chi connectivity index (χ0v) is 12.3. The summed E-state index contributed by atoms with van der Waals surface area (Å²) in [6.45, 7) is 6.95. The van der Waals surface area contributed by atoms with Gasteiger partial charge in [0.05, 0.1) is 0 Å². The molecule has 2 N–H and O–H groups in total. The molecule has 1 unspecified atom stereocenters. The molecule has 0 saturated carbocycles. The largest absolute Gasteiger partial charge is 0.316 e. The molecule has 1 saturated heterocycles. The summed E-state index contributed by atoms with van der Waals surface area (Å²) in [4.78, 5) is 0.